The zero-order chi connectivity index (χ0) is 23.8. The van der Waals surface area contributed by atoms with Gasteiger partial charge in [0, 0.05) is 13.1 Å². The summed E-state index contributed by atoms with van der Waals surface area (Å²) in [5, 5.41) is 0. The number of rotatable bonds is 2. The molecule has 0 spiro atoms. The van der Waals surface area contributed by atoms with Gasteiger partial charge in [-0.3, -0.25) is 9.59 Å². The van der Waals surface area contributed by atoms with Crippen molar-refractivity contribution in [3.63, 3.8) is 0 Å². The predicted molar refractivity (Wildman–Crippen MR) is 133 cm³/mol. The standard InChI is InChI=1S/C30H46N2O2/c1-25-8-21-9-26(2,14-25)17-29(12-21,16-25)23(33)31-6-5-7-32(20-31)24(34)30-13-22-10-27(3,18-30)15-28(4,11-22)19-30/h21-22H,5-20H2,1-4H3. The fourth-order valence-electron chi connectivity index (χ4n) is 13.2. The van der Waals surface area contributed by atoms with Gasteiger partial charge >= 0.3 is 0 Å². The summed E-state index contributed by atoms with van der Waals surface area (Å²) in [6, 6.07) is 0. The number of carbonyl (C=O) groups is 2. The fourth-order valence-corrected chi connectivity index (χ4v) is 13.2. The van der Waals surface area contributed by atoms with Crippen molar-refractivity contribution < 1.29 is 9.59 Å². The number of amides is 2. The molecule has 1 aliphatic heterocycles. The molecule has 9 fully saturated rings. The third-order valence-corrected chi connectivity index (χ3v) is 11.9. The molecule has 1 heterocycles. The number of hydrogen-bond acceptors (Lipinski definition) is 2. The highest BCUT2D eigenvalue weighted by Crippen LogP contribution is 2.71. The third-order valence-electron chi connectivity index (χ3n) is 11.9. The summed E-state index contributed by atoms with van der Waals surface area (Å²) in [4.78, 5) is 32.7. The molecule has 4 atom stereocenters. The minimum absolute atomic E-state index is 0.156. The van der Waals surface area contributed by atoms with E-state index in [9.17, 15) is 9.59 Å². The van der Waals surface area contributed by atoms with E-state index in [1.807, 2.05) is 0 Å². The van der Waals surface area contributed by atoms with Crippen LogP contribution in [-0.4, -0.2) is 41.4 Å². The Bertz CT molecular complexity index is 845. The first kappa shape index (κ1) is 22.2. The monoisotopic (exact) mass is 466 g/mol. The third kappa shape index (κ3) is 3.08. The molecule has 8 aliphatic carbocycles. The maximum absolute atomic E-state index is 14.2. The maximum Gasteiger partial charge on any atom is 0.230 e. The van der Waals surface area contributed by atoms with Crippen molar-refractivity contribution in [2.75, 3.05) is 19.8 Å². The Balaban J connectivity index is 1.13. The van der Waals surface area contributed by atoms with Gasteiger partial charge in [-0.15, -0.1) is 0 Å². The molecule has 0 aromatic carbocycles. The van der Waals surface area contributed by atoms with Gasteiger partial charge < -0.3 is 9.80 Å². The molecule has 4 nitrogen and oxygen atoms in total. The average molecular weight is 467 g/mol. The van der Waals surface area contributed by atoms with E-state index < -0.39 is 0 Å². The van der Waals surface area contributed by atoms with Crippen LogP contribution in [-0.2, 0) is 9.59 Å². The van der Waals surface area contributed by atoms with Gasteiger partial charge in [-0.2, -0.15) is 0 Å². The molecule has 0 N–H and O–H groups in total. The van der Waals surface area contributed by atoms with E-state index in [4.69, 9.17) is 0 Å². The highest BCUT2D eigenvalue weighted by Gasteiger charge is 2.65. The molecule has 2 amide bonds. The van der Waals surface area contributed by atoms with E-state index >= 15 is 0 Å². The first-order valence-electron chi connectivity index (χ1n) is 14.4. The predicted octanol–water partition coefficient (Wildman–Crippen LogP) is 6.00. The quantitative estimate of drug-likeness (QED) is 0.501. The lowest BCUT2D eigenvalue weighted by Crippen LogP contribution is -2.64. The lowest BCUT2D eigenvalue weighted by Gasteiger charge is -2.66. The zero-order valence-electron chi connectivity index (χ0n) is 22.2. The molecule has 1 saturated heterocycles. The summed E-state index contributed by atoms with van der Waals surface area (Å²) in [5.74, 6) is 2.25. The summed E-state index contributed by atoms with van der Waals surface area (Å²) in [7, 11) is 0. The average Bonchev–Trinajstić information content (AvgIpc) is 2.67. The Kier molecular flexibility index (Phi) is 4.19. The molecule has 0 radical (unpaired) electrons. The van der Waals surface area contributed by atoms with Crippen LogP contribution in [0.15, 0.2) is 0 Å². The van der Waals surface area contributed by atoms with E-state index in [0.29, 0.717) is 40.1 Å². The Morgan fingerprint density at radius 1 is 0.559 bits per heavy atom. The van der Waals surface area contributed by atoms with Crippen molar-refractivity contribution in [3.05, 3.63) is 0 Å². The minimum Gasteiger partial charge on any atom is -0.324 e. The summed E-state index contributed by atoms with van der Waals surface area (Å²) < 4.78 is 0. The smallest absolute Gasteiger partial charge is 0.230 e. The fraction of sp³-hybridized carbons (Fsp3) is 0.933. The molecule has 4 heteroatoms. The summed E-state index contributed by atoms with van der Waals surface area (Å²) in [6.45, 7) is 12.1. The van der Waals surface area contributed by atoms with Crippen LogP contribution in [0.25, 0.3) is 0 Å². The second-order valence-corrected chi connectivity index (χ2v) is 16.5. The van der Waals surface area contributed by atoms with Gasteiger partial charge in [0.25, 0.3) is 0 Å². The summed E-state index contributed by atoms with van der Waals surface area (Å²) in [5.41, 5.74) is 1.07. The van der Waals surface area contributed by atoms with E-state index in [1.165, 1.54) is 38.5 Å². The van der Waals surface area contributed by atoms with E-state index in [1.54, 1.807) is 0 Å². The second kappa shape index (κ2) is 6.43. The molecule has 4 unspecified atom stereocenters. The molecular weight excluding hydrogens is 420 g/mol. The topological polar surface area (TPSA) is 40.6 Å². The maximum atomic E-state index is 14.2. The Morgan fingerprint density at radius 2 is 0.912 bits per heavy atom. The first-order valence-corrected chi connectivity index (χ1v) is 14.4. The number of carbonyl (C=O) groups excluding carboxylic acids is 2. The van der Waals surface area contributed by atoms with Gasteiger partial charge in [0.15, 0.2) is 0 Å². The Morgan fingerprint density at radius 3 is 1.24 bits per heavy atom. The van der Waals surface area contributed by atoms with E-state index in [-0.39, 0.29) is 10.8 Å². The van der Waals surface area contributed by atoms with Crippen molar-refractivity contribution in [1.82, 2.24) is 9.80 Å². The highest BCUT2D eigenvalue weighted by atomic mass is 16.2. The van der Waals surface area contributed by atoms with Gasteiger partial charge in [-0.05, 0) is 117 Å². The molecule has 188 valence electrons. The van der Waals surface area contributed by atoms with Crippen LogP contribution in [0.5, 0.6) is 0 Å². The van der Waals surface area contributed by atoms with Gasteiger partial charge in [-0.25, -0.2) is 0 Å². The molecular formula is C30H46N2O2. The molecule has 0 aromatic heterocycles. The van der Waals surface area contributed by atoms with Crippen LogP contribution in [0.3, 0.4) is 0 Å². The molecule has 8 saturated carbocycles. The number of hydrogen-bond donors (Lipinski definition) is 0. The van der Waals surface area contributed by atoms with Crippen molar-refractivity contribution in [1.29, 1.82) is 0 Å². The Labute approximate surface area is 206 Å². The van der Waals surface area contributed by atoms with Crippen LogP contribution in [0.2, 0.25) is 0 Å². The van der Waals surface area contributed by atoms with Crippen molar-refractivity contribution in [3.8, 4) is 0 Å². The van der Waals surface area contributed by atoms with Crippen LogP contribution < -0.4 is 0 Å². The summed E-state index contributed by atoms with van der Waals surface area (Å²) in [6.07, 6.45) is 15.4. The van der Waals surface area contributed by atoms with Crippen molar-refractivity contribution >= 4 is 11.8 Å². The molecule has 8 bridgehead atoms. The van der Waals surface area contributed by atoms with E-state index in [2.05, 4.69) is 37.5 Å². The molecule has 34 heavy (non-hydrogen) atoms. The zero-order valence-corrected chi connectivity index (χ0v) is 22.2. The van der Waals surface area contributed by atoms with Crippen LogP contribution in [0, 0.1) is 44.3 Å². The van der Waals surface area contributed by atoms with Gasteiger partial charge in [0.05, 0.1) is 17.5 Å². The van der Waals surface area contributed by atoms with Gasteiger partial charge in [0.2, 0.25) is 11.8 Å². The van der Waals surface area contributed by atoms with Crippen molar-refractivity contribution in [2.45, 2.75) is 111 Å². The van der Waals surface area contributed by atoms with Gasteiger partial charge in [-0.1, -0.05) is 27.7 Å². The molecule has 0 aromatic rings. The van der Waals surface area contributed by atoms with Crippen LogP contribution in [0.1, 0.15) is 111 Å². The van der Waals surface area contributed by atoms with Gasteiger partial charge in [0.1, 0.15) is 0 Å². The lowest BCUT2D eigenvalue weighted by atomic mass is 9.40. The first-order chi connectivity index (χ1) is 15.8. The van der Waals surface area contributed by atoms with Crippen molar-refractivity contribution in [2.24, 2.45) is 44.3 Å². The van der Waals surface area contributed by atoms with E-state index in [0.717, 1.165) is 69.9 Å². The second-order valence-electron chi connectivity index (χ2n) is 16.5. The number of nitrogens with zero attached hydrogens (tertiary/aromatic N) is 2. The normalized spacial score (nSPS) is 55.2. The molecule has 9 aliphatic rings. The SMILES string of the molecule is CC12CC3CC(C)(C1)CC(C(=O)N1CCCN(C(=O)C45CC6CC(C)(CC(C)(C6)C4)C5)C1)(C3)C2. The Hall–Kier alpha value is -1.06. The highest BCUT2D eigenvalue weighted by molar-refractivity contribution is 5.86. The largest absolute Gasteiger partial charge is 0.324 e. The van der Waals surface area contributed by atoms with Crippen LogP contribution in [0.4, 0.5) is 0 Å². The minimum atomic E-state index is -0.156. The lowest BCUT2D eigenvalue weighted by molar-refractivity contribution is -0.190. The van der Waals surface area contributed by atoms with Crippen LogP contribution >= 0.6 is 0 Å². The summed E-state index contributed by atoms with van der Waals surface area (Å²) >= 11 is 0. The molecule has 9 rings (SSSR count).